The molecular weight excluding hydrogens is 552 g/mol. The molecule has 2 saturated heterocycles. The summed E-state index contributed by atoms with van der Waals surface area (Å²) in [7, 11) is 1.55. The Hall–Kier alpha value is -4.24. The van der Waals surface area contributed by atoms with Gasteiger partial charge in [0, 0.05) is 18.7 Å². The van der Waals surface area contributed by atoms with E-state index in [9.17, 15) is 14.4 Å². The first kappa shape index (κ1) is 29.3. The van der Waals surface area contributed by atoms with Crippen molar-refractivity contribution in [2.75, 3.05) is 33.4 Å². The third-order valence-corrected chi connectivity index (χ3v) is 8.11. The Morgan fingerprint density at radius 2 is 1.64 bits per heavy atom. The first-order valence-electron chi connectivity index (χ1n) is 14.0. The minimum absolute atomic E-state index is 0.0767. The van der Waals surface area contributed by atoms with Crippen molar-refractivity contribution < 1.29 is 28.6 Å². The number of rotatable bonds is 10. The molecule has 8 nitrogen and oxygen atoms in total. The second-order valence-electron chi connectivity index (χ2n) is 10.2. The van der Waals surface area contributed by atoms with Crippen molar-refractivity contribution in [2.24, 2.45) is 0 Å². The number of benzene rings is 3. The predicted octanol–water partition coefficient (Wildman–Crippen LogP) is 6.32. The number of carbonyl (C=O) groups excluding carboxylic acids is 3. The van der Waals surface area contributed by atoms with Crippen LogP contribution in [0.2, 0.25) is 0 Å². The van der Waals surface area contributed by atoms with Crippen LogP contribution >= 0.6 is 11.8 Å². The van der Waals surface area contributed by atoms with Gasteiger partial charge in [0.2, 0.25) is 0 Å². The third kappa shape index (κ3) is 7.15. The van der Waals surface area contributed by atoms with E-state index in [2.05, 4.69) is 0 Å². The topological polar surface area (TPSA) is 85.4 Å². The van der Waals surface area contributed by atoms with Gasteiger partial charge >= 0.3 is 0 Å². The van der Waals surface area contributed by atoms with Gasteiger partial charge in [-0.15, -0.1) is 0 Å². The lowest BCUT2D eigenvalue weighted by Gasteiger charge is -2.26. The van der Waals surface area contributed by atoms with Crippen LogP contribution in [0.3, 0.4) is 0 Å². The van der Waals surface area contributed by atoms with E-state index >= 15 is 0 Å². The molecule has 9 heteroatoms. The molecule has 0 unspecified atom stereocenters. The molecule has 0 aliphatic carbocycles. The normalized spacial score (nSPS) is 16.2. The number of aryl methyl sites for hydroxylation is 1. The number of likely N-dealkylation sites (tertiary alicyclic amines) is 1. The lowest BCUT2D eigenvalue weighted by atomic mass is 10.1. The average Bonchev–Trinajstić information content (AvgIpc) is 3.28. The van der Waals surface area contributed by atoms with Crippen LogP contribution in [0.5, 0.6) is 17.2 Å². The monoisotopic (exact) mass is 586 g/mol. The van der Waals surface area contributed by atoms with Gasteiger partial charge in [-0.25, -0.2) is 0 Å². The summed E-state index contributed by atoms with van der Waals surface area (Å²) in [6.07, 6.45) is 4.98. The van der Waals surface area contributed by atoms with E-state index in [0.29, 0.717) is 39.9 Å². The highest BCUT2D eigenvalue weighted by atomic mass is 32.2. The summed E-state index contributed by atoms with van der Waals surface area (Å²) in [6.45, 7) is 4.32. The molecular formula is C33H34N2O6S. The summed E-state index contributed by atoms with van der Waals surface area (Å²) in [5.41, 5.74) is 3.45. The number of carbonyl (C=O) groups is 3. The van der Waals surface area contributed by atoms with Crippen LogP contribution < -0.4 is 14.2 Å². The number of imide groups is 1. The Morgan fingerprint density at radius 3 is 2.36 bits per heavy atom. The number of hydrogen-bond acceptors (Lipinski definition) is 7. The van der Waals surface area contributed by atoms with Crippen molar-refractivity contribution in [1.82, 2.24) is 9.80 Å². The maximum atomic E-state index is 12.9. The van der Waals surface area contributed by atoms with Gasteiger partial charge in [-0.1, -0.05) is 35.9 Å². The summed E-state index contributed by atoms with van der Waals surface area (Å²) in [4.78, 5) is 41.6. The fourth-order valence-electron chi connectivity index (χ4n) is 4.81. The largest absolute Gasteiger partial charge is 0.493 e. The van der Waals surface area contributed by atoms with Gasteiger partial charge in [0.1, 0.15) is 19.0 Å². The average molecular weight is 587 g/mol. The van der Waals surface area contributed by atoms with Crippen LogP contribution in [-0.2, 0) is 11.4 Å². The van der Waals surface area contributed by atoms with Crippen molar-refractivity contribution in [2.45, 2.75) is 32.8 Å². The zero-order chi connectivity index (χ0) is 29.5. The van der Waals surface area contributed by atoms with Crippen LogP contribution in [0.1, 0.15) is 46.3 Å². The Labute approximate surface area is 250 Å². The Kier molecular flexibility index (Phi) is 9.48. The lowest BCUT2D eigenvalue weighted by Crippen LogP contribution is -2.35. The molecule has 0 spiro atoms. The molecule has 2 fully saturated rings. The highest BCUT2D eigenvalue weighted by molar-refractivity contribution is 8.18. The van der Waals surface area contributed by atoms with Gasteiger partial charge in [0.15, 0.2) is 11.5 Å². The number of piperidine rings is 1. The first-order chi connectivity index (χ1) is 20.4. The minimum atomic E-state index is -0.348. The number of ether oxygens (including phenoxy) is 3. The fraction of sp³-hybridized carbons (Fsp3) is 0.303. The number of methoxy groups -OCH3 is 1. The molecule has 0 N–H and O–H groups in total. The van der Waals surface area contributed by atoms with Crippen molar-refractivity contribution in [3.63, 3.8) is 0 Å². The summed E-state index contributed by atoms with van der Waals surface area (Å²) < 4.78 is 17.2. The summed E-state index contributed by atoms with van der Waals surface area (Å²) >= 11 is 0.906. The summed E-state index contributed by atoms with van der Waals surface area (Å²) in [5.74, 6) is 1.47. The van der Waals surface area contributed by atoms with Gasteiger partial charge in [0.25, 0.3) is 17.1 Å². The van der Waals surface area contributed by atoms with Gasteiger partial charge in [-0.05, 0) is 91.5 Å². The highest BCUT2D eigenvalue weighted by Gasteiger charge is 2.34. The Bertz CT molecular complexity index is 1460. The van der Waals surface area contributed by atoms with Crippen LogP contribution in [0.25, 0.3) is 6.08 Å². The van der Waals surface area contributed by atoms with E-state index in [1.165, 1.54) is 11.3 Å². The van der Waals surface area contributed by atoms with Crippen molar-refractivity contribution in [3.05, 3.63) is 93.9 Å². The molecule has 218 valence electrons. The highest BCUT2D eigenvalue weighted by Crippen LogP contribution is 2.35. The van der Waals surface area contributed by atoms with Crippen molar-refractivity contribution in [3.8, 4) is 17.2 Å². The maximum Gasteiger partial charge on any atom is 0.293 e. The summed E-state index contributed by atoms with van der Waals surface area (Å²) in [6, 6.07) is 20.5. The van der Waals surface area contributed by atoms with Crippen LogP contribution in [0.4, 0.5) is 4.79 Å². The molecule has 2 aliphatic rings. The molecule has 0 aromatic heterocycles. The van der Waals surface area contributed by atoms with E-state index in [-0.39, 0.29) is 30.2 Å². The molecule has 2 heterocycles. The SMILES string of the molecule is COc1cc(/C=C2\SC(=O)N(CCOc3ccc(C)cc3)C2=O)ccc1OCc1ccc(C(=O)N2CCCCC2)cc1. The lowest BCUT2D eigenvalue weighted by molar-refractivity contribution is -0.123. The van der Waals surface area contributed by atoms with Gasteiger partial charge in [-0.2, -0.15) is 0 Å². The van der Waals surface area contributed by atoms with Crippen LogP contribution in [0.15, 0.2) is 71.6 Å². The van der Waals surface area contributed by atoms with Crippen LogP contribution in [0, 0.1) is 6.92 Å². The van der Waals surface area contributed by atoms with Crippen LogP contribution in [-0.4, -0.2) is 60.2 Å². The molecule has 0 saturated carbocycles. The fourth-order valence-corrected chi connectivity index (χ4v) is 5.68. The molecule has 0 bridgehead atoms. The van der Waals surface area contributed by atoms with E-state index in [4.69, 9.17) is 14.2 Å². The van der Waals surface area contributed by atoms with Crippen molar-refractivity contribution in [1.29, 1.82) is 0 Å². The Morgan fingerprint density at radius 1 is 0.905 bits per heavy atom. The quantitative estimate of drug-likeness (QED) is 0.257. The first-order valence-corrected chi connectivity index (χ1v) is 14.9. The zero-order valence-electron chi connectivity index (χ0n) is 23.8. The maximum absolute atomic E-state index is 12.9. The molecule has 5 rings (SSSR count). The summed E-state index contributed by atoms with van der Waals surface area (Å²) in [5, 5.41) is -0.325. The smallest absolute Gasteiger partial charge is 0.293 e. The molecule has 2 aliphatic heterocycles. The molecule has 42 heavy (non-hydrogen) atoms. The second-order valence-corrected chi connectivity index (χ2v) is 11.2. The zero-order valence-corrected chi connectivity index (χ0v) is 24.7. The molecule has 3 amide bonds. The van der Waals surface area contributed by atoms with E-state index < -0.39 is 0 Å². The molecule has 0 atom stereocenters. The van der Waals surface area contributed by atoms with E-state index in [0.717, 1.165) is 48.8 Å². The minimum Gasteiger partial charge on any atom is -0.493 e. The van der Waals surface area contributed by atoms with Gasteiger partial charge in [-0.3, -0.25) is 19.3 Å². The van der Waals surface area contributed by atoms with Gasteiger partial charge < -0.3 is 19.1 Å². The van der Waals surface area contributed by atoms with E-state index in [1.54, 1.807) is 25.3 Å². The third-order valence-electron chi connectivity index (χ3n) is 7.20. The Balaban J connectivity index is 1.17. The van der Waals surface area contributed by atoms with E-state index in [1.807, 2.05) is 66.4 Å². The molecule has 0 radical (unpaired) electrons. The second kappa shape index (κ2) is 13.6. The number of hydrogen-bond donors (Lipinski definition) is 0. The predicted molar refractivity (Wildman–Crippen MR) is 163 cm³/mol. The number of amides is 3. The molecule has 3 aromatic rings. The number of nitrogens with zero attached hydrogens (tertiary/aromatic N) is 2. The van der Waals surface area contributed by atoms with Crippen molar-refractivity contribution >= 4 is 34.9 Å². The van der Waals surface area contributed by atoms with Gasteiger partial charge in [0.05, 0.1) is 18.6 Å². The number of thioether (sulfide) groups is 1. The molecule has 3 aromatic carbocycles. The standard InChI is InChI=1S/C33H34N2O6S/c1-23-6-13-27(14-7-23)40-19-18-35-32(37)30(42-33(35)38)21-25-10-15-28(29(20-25)39-2)41-22-24-8-11-26(12-9-24)31(36)34-16-4-3-5-17-34/h6-15,20-21H,3-5,16-19,22H2,1-2H3/b30-21-.